The van der Waals surface area contributed by atoms with Crippen molar-refractivity contribution in [3.05, 3.63) is 82.0 Å². The first-order chi connectivity index (χ1) is 17.2. The van der Waals surface area contributed by atoms with Crippen molar-refractivity contribution < 1.29 is 18.3 Å². The lowest BCUT2D eigenvalue weighted by Crippen LogP contribution is -2.31. The highest BCUT2D eigenvalue weighted by atomic mass is 19.1. The first kappa shape index (κ1) is 23.9. The lowest BCUT2D eigenvalue weighted by molar-refractivity contribution is 0.205. The molecule has 4 aromatic rings. The van der Waals surface area contributed by atoms with E-state index in [1.165, 1.54) is 19.2 Å². The van der Waals surface area contributed by atoms with Crippen LogP contribution in [-0.4, -0.2) is 40.2 Å². The second-order valence-electron chi connectivity index (χ2n) is 9.63. The molecular weight excluding hydrogens is 466 g/mol. The molecule has 2 aromatic carbocycles. The van der Waals surface area contributed by atoms with Crippen LogP contribution >= 0.6 is 0 Å². The predicted molar refractivity (Wildman–Crippen MR) is 132 cm³/mol. The van der Waals surface area contributed by atoms with E-state index in [9.17, 15) is 13.6 Å². The van der Waals surface area contributed by atoms with E-state index in [0.29, 0.717) is 52.4 Å². The van der Waals surface area contributed by atoms with E-state index < -0.39 is 11.6 Å². The fourth-order valence-corrected chi connectivity index (χ4v) is 4.49. The van der Waals surface area contributed by atoms with Crippen LogP contribution in [-0.2, 0) is 6.42 Å². The zero-order valence-corrected chi connectivity index (χ0v) is 20.2. The van der Waals surface area contributed by atoms with Crippen molar-refractivity contribution in [1.29, 1.82) is 0 Å². The molecule has 2 N–H and O–H groups in total. The van der Waals surface area contributed by atoms with Crippen LogP contribution in [0.1, 0.15) is 31.7 Å². The fourth-order valence-electron chi connectivity index (χ4n) is 4.49. The molecule has 0 spiro atoms. The van der Waals surface area contributed by atoms with Crippen LogP contribution in [0.5, 0.6) is 11.5 Å². The number of H-pyrrole nitrogens is 1. The third-order valence-corrected chi connectivity index (χ3v) is 6.23. The largest absolute Gasteiger partial charge is 0.493 e. The second kappa shape index (κ2) is 9.31. The number of nitrogens with zero attached hydrogens (tertiary/aromatic N) is 2. The molecule has 0 amide bonds. The van der Waals surface area contributed by atoms with Crippen molar-refractivity contribution in [1.82, 2.24) is 20.3 Å². The van der Waals surface area contributed by atoms with Gasteiger partial charge in [0.05, 0.1) is 23.7 Å². The summed E-state index contributed by atoms with van der Waals surface area (Å²) >= 11 is 0. The number of ether oxygens (including phenoxy) is 2. The summed E-state index contributed by atoms with van der Waals surface area (Å²) in [6.45, 7) is 4.96. The zero-order valence-electron chi connectivity index (χ0n) is 20.2. The summed E-state index contributed by atoms with van der Waals surface area (Å²) < 4.78 is 38.8. The molecular formula is C27H26F2N4O3. The molecule has 1 unspecified atom stereocenters. The Bertz CT molecular complexity index is 1470. The molecule has 0 aliphatic carbocycles. The Morgan fingerprint density at radius 1 is 1.08 bits per heavy atom. The minimum atomic E-state index is -0.665. The van der Waals surface area contributed by atoms with Crippen LogP contribution in [0.3, 0.4) is 0 Å². The van der Waals surface area contributed by atoms with Crippen LogP contribution in [0.4, 0.5) is 8.78 Å². The number of benzene rings is 2. The second-order valence-corrected chi connectivity index (χ2v) is 9.63. The van der Waals surface area contributed by atoms with Gasteiger partial charge in [-0.3, -0.25) is 9.78 Å². The third kappa shape index (κ3) is 5.06. The first-order valence-electron chi connectivity index (χ1n) is 11.6. The summed E-state index contributed by atoms with van der Waals surface area (Å²) in [6, 6.07) is 10.1. The van der Waals surface area contributed by atoms with Gasteiger partial charge < -0.3 is 19.8 Å². The molecule has 36 heavy (non-hydrogen) atoms. The Hall–Kier alpha value is -3.85. The van der Waals surface area contributed by atoms with Gasteiger partial charge in [0.15, 0.2) is 11.5 Å². The molecule has 3 heterocycles. The summed E-state index contributed by atoms with van der Waals surface area (Å²) in [4.78, 5) is 24.6. The van der Waals surface area contributed by atoms with Gasteiger partial charge in [0.25, 0.3) is 5.56 Å². The topological polar surface area (TPSA) is 89.1 Å². The van der Waals surface area contributed by atoms with Gasteiger partial charge >= 0.3 is 0 Å². The van der Waals surface area contributed by atoms with Gasteiger partial charge in [-0.15, -0.1) is 0 Å². The summed E-state index contributed by atoms with van der Waals surface area (Å²) in [5, 5.41) is 3.82. The molecule has 5 rings (SSSR count). The molecule has 1 fully saturated rings. The Morgan fingerprint density at radius 2 is 1.86 bits per heavy atom. The van der Waals surface area contributed by atoms with E-state index >= 15 is 0 Å². The molecule has 1 atom stereocenters. The van der Waals surface area contributed by atoms with Crippen molar-refractivity contribution in [3.63, 3.8) is 0 Å². The normalized spacial score (nSPS) is 16.9. The highest BCUT2D eigenvalue weighted by Gasteiger charge is 2.32. The van der Waals surface area contributed by atoms with Gasteiger partial charge in [-0.05, 0) is 43.7 Å². The smallest absolute Gasteiger partial charge is 0.258 e. The predicted octanol–water partition coefficient (Wildman–Crippen LogP) is 4.38. The molecule has 186 valence electrons. The van der Waals surface area contributed by atoms with Crippen molar-refractivity contribution in [2.24, 2.45) is 0 Å². The number of nitrogens with one attached hydrogen (secondary N) is 2. The summed E-state index contributed by atoms with van der Waals surface area (Å²) in [5.74, 6) is 0.134. The zero-order chi connectivity index (χ0) is 25.4. The SMILES string of the molecule is COc1cc2c(=O)[nH]c(Cc3ccc(-c4cc(F)cc(F)c4)nc3)nc2cc1OC1CNC(C)(C)C1. The van der Waals surface area contributed by atoms with Gasteiger partial charge in [0.1, 0.15) is 23.6 Å². The quantitative estimate of drug-likeness (QED) is 0.415. The minimum absolute atomic E-state index is 0.0102. The molecule has 1 aliphatic rings. The molecule has 2 aromatic heterocycles. The van der Waals surface area contributed by atoms with E-state index in [1.54, 1.807) is 30.5 Å². The number of aromatic nitrogens is 3. The minimum Gasteiger partial charge on any atom is -0.493 e. The number of halogens is 2. The maximum Gasteiger partial charge on any atom is 0.258 e. The fraction of sp³-hybridized carbons (Fsp3) is 0.296. The van der Waals surface area contributed by atoms with E-state index in [2.05, 4.69) is 34.1 Å². The summed E-state index contributed by atoms with van der Waals surface area (Å²) in [6.07, 6.45) is 2.73. The monoisotopic (exact) mass is 492 g/mol. The maximum atomic E-state index is 13.5. The van der Waals surface area contributed by atoms with Crippen molar-refractivity contribution in [2.45, 2.75) is 38.3 Å². The van der Waals surface area contributed by atoms with E-state index in [0.717, 1.165) is 18.1 Å². The Morgan fingerprint density at radius 3 is 2.50 bits per heavy atom. The number of methoxy groups -OCH3 is 1. The van der Waals surface area contributed by atoms with E-state index in [4.69, 9.17) is 9.47 Å². The van der Waals surface area contributed by atoms with E-state index in [-0.39, 0.29) is 17.2 Å². The molecule has 1 saturated heterocycles. The Balaban J connectivity index is 1.41. The molecule has 0 bridgehead atoms. The summed E-state index contributed by atoms with van der Waals surface area (Å²) in [5.41, 5.74) is 1.76. The molecule has 7 nitrogen and oxygen atoms in total. The third-order valence-electron chi connectivity index (χ3n) is 6.23. The molecule has 0 radical (unpaired) electrons. The van der Waals surface area contributed by atoms with Crippen LogP contribution in [0.2, 0.25) is 0 Å². The first-order valence-corrected chi connectivity index (χ1v) is 11.6. The number of aromatic amines is 1. The van der Waals surface area contributed by atoms with Gasteiger partial charge in [-0.2, -0.15) is 0 Å². The maximum absolute atomic E-state index is 13.5. The number of hydrogen-bond donors (Lipinski definition) is 2. The van der Waals surface area contributed by atoms with Crippen molar-refractivity contribution >= 4 is 10.9 Å². The van der Waals surface area contributed by atoms with Gasteiger partial charge in [0, 0.05) is 48.8 Å². The standard InChI is InChI=1S/C27H26F2N4O3/c1-27(2)12-19(14-31-27)36-24-11-22-20(10-23(24)35-3)26(34)33-25(32-22)6-15-4-5-21(30-13-15)16-7-17(28)9-18(29)8-16/h4-5,7-11,13,19,31H,6,12,14H2,1-3H3,(H,32,33,34). The highest BCUT2D eigenvalue weighted by molar-refractivity contribution is 5.81. The number of pyridine rings is 1. The average molecular weight is 493 g/mol. The summed E-state index contributed by atoms with van der Waals surface area (Å²) in [7, 11) is 1.54. The lowest BCUT2D eigenvalue weighted by atomic mass is 10.0. The van der Waals surface area contributed by atoms with Crippen LogP contribution in [0.25, 0.3) is 22.2 Å². The van der Waals surface area contributed by atoms with Crippen LogP contribution in [0, 0.1) is 11.6 Å². The van der Waals surface area contributed by atoms with Crippen molar-refractivity contribution in [2.75, 3.05) is 13.7 Å². The highest BCUT2D eigenvalue weighted by Crippen LogP contribution is 2.33. The molecule has 1 aliphatic heterocycles. The van der Waals surface area contributed by atoms with Crippen LogP contribution in [0.15, 0.2) is 53.5 Å². The van der Waals surface area contributed by atoms with Gasteiger partial charge in [-0.25, -0.2) is 13.8 Å². The number of hydrogen-bond acceptors (Lipinski definition) is 6. The van der Waals surface area contributed by atoms with Gasteiger partial charge in [0.2, 0.25) is 0 Å². The average Bonchev–Trinajstić information content (AvgIpc) is 3.16. The van der Waals surface area contributed by atoms with Crippen molar-refractivity contribution in [3.8, 4) is 22.8 Å². The van der Waals surface area contributed by atoms with Gasteiger partial charge in [-0.1, -0.05) is 6.07 Å². The molecule has 0 saturated carbocycles. The Kier molecular flexibility index (Phi) is 6.17. The molecule has 9 heteroatoms. The van der Waals surface area contributed by atoms with Crippen LogP contribution < -0.4 is 20.3 Å². The lowest BCUT2D eigenvalue weighted by Gasteiger charge is -2.19. The Labute approximate surface area is 206 Å². The number of rotatable bonds is 6. The number of fused-ring (bicyclic) bond motifs is 1. The van der Waals surface area contributed by atoms with E-state index in [1.807, 2.05) is 0 Å².